The number of nitrogen functional groups attached to an aromatic ring is 1. The van der Waals surface area contributed by atoms with Gasteiger partial charge in [0.1, 0.15) is 63.6 Å². The van der Waals surface area contributed by atoms with Crippen LogP contribution in [0.25, 0.3) is 44.6 Å². The maximum Gasteiger partial charge on any atom is 0.408 e. The van der Waals surface area contributed by atoms with Gasteiger partial charge in [-0.1, -0.05) is 18.2 Å². The van der Waals surface area contributed by atoms with Gasteiger partial charge in [0.25, 0.3) is 0 Å². The van der Waals surface area contributed by atoms with Crippen LogP contribution in [0.3, 0.4) is 0 Å². The van der Waals surface area contributed by atoms with Crippen molar-refractivity contribution in [3.63, 3.8) is 0 Å². The zero-order chi connectivity index (χ0) is 32.0. The summed E-state index contributed by atoms with van der Waals surface area (Å²) in [5.41, 5.74) is 5.74. The average Bonchev–Trinajstić information content (AvgIpc) is 3.60. The predicted molar refractivity (Wildman–Crippen MR) is 162 cm³/mol. The van der Waals surface area contributed by atoms with E-state index in [2.05, 4.69) is 15.3 Å². The zero-order valence-corrected chi connectivity index (χ0v) is 24.7. The largest absolute Gasteiger partial charge is 0.458 e. The van der Waals surface area contributed by atoms with E-state index in [1.807, 2.05) is 0 Å². The van der Waals surface area contributed by atoms with Crippen LogP contribution in [-0.2, 0) is 11.3 Å². The molecule has 1 unspecified atom stereocenters. The van der Waals surface area contributed by atoms with Crippen LogP contribution >= 0.6 is 0 Å². The number of nitrogens with zero attached hydrogens (tertiary/aromatic N) is 4. The van der Waals surface area contributed by atoms with Gasteiger partial charge in [-0.3, -0.25) is 4.79 Å². The van der Waals surface area contributed by atoms with Gasteiger partial charge in [-0.2, -0.15) is 5.10 Å². The van der Waals surface area contributed by atoms with Crippen molar-refractivity contribution in [2.75, 3.05) is 5.73 Å². The third-order valence-electron chi connectivity index (χ3n) is 6.97. The SMILES string of the molecule is CC(c1oc2cccc(F)c2c(=O)c1-c1cccc(F)c1)n1nc(-c2ccc(CNC(=O)OC(C)(C)C)o2)c2c(N)ncnc21. The normalized spacial score (nSPS) is 12.5. The van der Waals surface area contributed by atoms with Gasteiger partial charge in [-0.05, 0) is 69.7 Å². The quantitative estimate of drug-likeness (QED) is 0.218. The number of anilines is 1. The molecule has 2 aromatic carbocycles. The van der Waals surface area contributed by atoms with E-state index in [0.717, 1.165) is 6.07 Å². The van der Waals surface area contributed by atoms with E-state index in [1.54, 1.807) is 45.9 Å². The van der Waals surface area contributed by atoms with Crippen LogP contribution in [0.15, 0.2) is 74.6 Å². The fourth-order valence-corrected chi connectivity index (χ4v) is 5.05. The van der Waals surface area contributed by atoms with Crippen molar-refractivity contribution < 1.29 is 27.1 Å². The molecule has 0 fully saturated rings. The number of nitrogens with two attached hydrogens (primary N) is 1. The summed E-state index contributed by atoms with van der Waals surface area (Å²) in [5, 5.41) is 7.50. The Morgan fingerprint density at radius 1 is 1.07 bits per heavy atom. The summed E-state index contributed by atoms with van der Waals surface area (Å²) in [6.45, 7) is 7.03. The summed E-state index contributed by atoms with van der Waals surface area (Å²) in [7, 11) is 0. The summed E-state index contributed by atoms with van der Waals surface area (Å²) in [6.07, 6.45) is 0.664. The molecule has 230 valence electrons. The van der Waals surface area contributed by atoms with Gasteiger partial charge in [0, 0.05) is 0 Å². The van der Waals surface area contributed by atoms with E-state index in [9.17, 15) is 18.4 Å². The number of ether oxygens (including phenoxy) is 1. The lowest BCUT2D eigenvalue weighted by atomic mass is 9.99. The Balaban J connectivity index is 1.47. The lowest BCUT2D eigenvalue weighted by molar-refractivity contribution is 0.0520. The number of rotatable bonds is 6. The molecule has 0 saturated heterocycles. The van der Waals surface area contributed by atoms with E-state index in [1.165, 1.54) is 41.3 Å². The number of halogens is 2. The summed E-state index contributed by atoms with van der Waals surface area (Å²) in [4.78, 5) is 34.4. The van der Waals surface area contributed by atoms with Crippen molar-refractivity contribution in [1.29, 1.82) is 0 Å². The Morgan fingerprint density at radius 3 is 2.60 bits per heavy atom. The van der Waals surface area contributed by atoms with Gasteiger partial charge < -0.3 is 24.6 Å². The number of carbonyl (C=O) groups excluding carboxylic acids is 1. The monoisotopic (exact) mass is 614 g/mol. The maximum absolute atomic E-state index is 14.9. The number of benzene rings is 2. The molecule has 6 rings (SSSR count). The number of amides is 1. The number of alkyl carbamates (subject to hydrolysis) is 1. The van der Waals surface area contributed by atoms with Gasteiger partial charge in [0.05, 0.1) is 17.5 Å². The first kappa shape index (κ1) is 29.5. The van der Waals surface area contributed by atoms with Crippen LogP contribution < -0.4 is 16.5 Å². The molecule has 0 bridgehead atoms. The summed E-state index contributed by atoms with van der Waals surface area (Å²) < 4.78 is 48.2. The standard InChI is InChI=1S/C32H28F2N6O5/c1-16(28-23(17-7-5-8-18(33)13-17)27(41)24-20(34)9-6-10-21(24)44-28)40-30-25(29(35)37-15-38-30)26(39-40)22-12-11-19(43-22)14-36-31(42)45-32(2,3)4/h5-13,15-16H,14H2,1-4H3,(H,36,42)(H2,35,37,38). The van der Waals surface area contributed by atoms with Crippen LogP contribution in [0.1, 0.15) is 45.3 Å². The average molecular weight is 615 g/mol. The molecule has 0 aliphatic heterocycles. The lowest BCUT2D eigenvalue weighted by Gasteiger charge is -2.19. The zero-order valence-electron chi connectivity index (χ0n) is 24.7. The fraction of sp³-hybridized carbons (Fsp3) is 0.219. The Labute approximate surface area is 254 Å². The van der Waals surface area contributed by atoms with E-state index in [4.69, 9.17) is 24.4 Å². The highest BCUT2D eigenvalue weighted by Crippen LogP contribution is 2.37. The topological polar surface area (TPSA) is 151 Å². The number of furan rings is 1. The van der Waals surface area contributed by atoms with Crippen LogP contribution in [0, 0.1) is 11.6 Å². The van der Waals surface area contributed by atoms with Gasteiger partial charge >= 0.3 is 6.09 Å². The molecular weight excluding hydrogens is 586 g/mol. The number of hydrogen-bond donors (Lipinski definition) is 2. The third kappa shape index (κ3) is 5.59. The van der Waals surface area contributed by atoms with Crippen molar-refractivity contribution in [2.45, 2.75) is 45.9 Å². The molecule has 4 aromatic heterocycles. The molecule has 0 aliphatic carbocycles. The van der Waals surface area contributed by atoms with Crippen LogP contribution in [-0.4, -0.2) is 31.4 Å². The van der Waals surface area contributed by atoms with Gasteiger partial charge in [-0.25, -0.2) is 28.2 Å². The highest BCUT2D eigenvalue weighted by atomic mass is 19.1. The first-order chi connectivity index (χ1) is 21.4. The first-order valence-electron chi connectivity index (χ1n) is 14.0. The highest BCUT2D eigenvalue weighted by Gasteiger charge is 2.28. The van der Waals surface area contributed by atoms with Crippen molar-refractivity contribution in [3.8, 4) is 22.6 Å². The Kier molecular flexibility index (Phi) is 7.31. The van der Waals surface area contributed by atoms with Crippen LogP contribution in [0.4, 0.5) is 19.4 Å². The minimum absolute atomic E-state index is 0.0148. The minimum atomic E-state index is -0.836. The highest BCUT2D eigenvalue weighted by molar-refractivity contribution is 5.97. The second-order valence-corrected chi connectivity index (χ2v) is 11.3. The molecule has 6 aromatic rings. The smallest absolute Gasteiger partial charge is 0.408 e. The molecule has 1 amide bonds. The van der Waals surface area contributed by atoms with Crippen molar-refractivity contribution in [1.82, 2.24) is 25.1 Å². The van der Waals surface area contributed by atoms with Crippen LogP contribution in [0.2, 0.25) is 0 Å². The molecule has 13 heteroatoms. The van der Waals surface area contributed by atoms with Crippen molar-refractivity contribution in [2.24, 2.45) is 0 Å². The molecule has 1 atom stereocenters. The van der Waals surface area contributed by atoms with Gasteiger partial charge in [0.15, 0.2) is 11.4 Å². The van der Waals surface area contributed by atoms with Gasteiger partial charge in [-0.15, -0.1) is 0 Å². The molecule has 45 heavy (non-hydrogen) atoms. The first-order valence-corrected chi connectivity index (χ1v) is 14.0. The van der Waals surface area contributed by atoms with E-state index in [-0.39, 0.29) is 40.2 Å². The van der Waals surface area contributed by atoms with E-state index >= 15 is 0 Å². The number of carbonyl (C=O) groups is 1. The number of hydrogen-bond acceptors (Lipinski definition) is 9. The summed E-state index contributed by atoms with van der Waals surface area (Å²) in [6, 6.07) is 12.0. The predicted octanol–water partition coefficient (Wildman–Crippen LogP) is 6.35. The Hall–Kier alpha value is -5.59. The number of aromatic nitrogens is 4. The Bertz CT molecular complexity index is 2150. The van der Waals surface area contributed by atoms with Gasteiger partial charge in [0.2, 0.25) is 5.43 Å². The van der Waals surface area contributed by atoms with Crippen molar-refractivity contribution in [3.05, 3.63) is 94.3 Å². The summed E-state index contributed by atoms with van der Waals surface area (Å²) >= 11 is 0. The second-order valence-electron chi connectivity index (χ2n) is 11.3. The number of fused-ring (bicyclic) bond motifs is 2. The molecule has 3 N–H and O–H groups in total. The van der Waals surface area contributed by atoms with Crippen molar-refractivity contribution >= 4 is 33.9 Å². The Morgan fingerprint density at radius 2 is 1.84 bits per heavy atom. The third-order valence-corrected chi connectivity index (χ3v) is 6.97. The second kappa shape index (κ2) is 11.2. The fourth-order valence-electron chi connectivity index (χ4n) is 5.05. The summed E-state index contributed by atoms with van der Waals surface area (Å²) in [5.74, 6) is -0.413. The maximum atomic E-state index is 14.9. The number of nitrogens with one attached hydrogen (secondary N) is 1. The molecule has 4 heterocycles. The van der Waals surface area contributed by atoms with Crippen LogP contribution in [0.5, 0.6) is 0 Å². The molecule has 0 saturated carbocycles. The lowest BCUT2D eigenvalue weighted by Crippen LogP contribution is -2.32. The van der Waals surface area contributed by atoms with E-state index in [0.29, 0.717) is 28.2 Å². The van der Waals surface area contributed by atoms with E-state index < -0.39 is 34.8 Å². The minimum Gasteiger partial charge on any atom is -0.458 e. The molecular formula is C32H28F2N6O5. The molecule has 0 aliphatic rings. The molecule has 0 radical (unpaired) electrons. The molecule has 0 spiro atoms. The molecule has 11 nitrogen and oxygen atoms in total.